The third-order valence-electron chi connectivity index (χ3n) is 1.90. The van der Waals surface area contributed by atoms with Crippen LogP contribution >= 0.6 is 0 Å². The van der Waals surface area contributed by atoms with E-state index in [1.54, 1.807) is 0 Å². The molecule has 0 N–H and O–H groups in total. The largest absolute Gasteiger partial charge is 0.379 e. The van der Waals surface area contributed by atoms with E-state index in [4.69, 9.17) is 4.74 Å². The lowest BCUT2D eigenvalue weighted by atomic mass is 10.3. The topological polar surface area (TPSA) is 12.5 Å². The van der Waals surface area contributed by atoms with Crippen molar-refractivity contribution in [2.45, 2.75) is 18.9 Å². The van der Waals surface area contributed by atoms with E-state index in [1.807, 2.05) is 0 Å². The van der Waals surface area contributed by atoms with Crippen molar-refractivity contribution in [3.8, 4) is 0 Å². The van der Waals surface area contributed by atoms with Gasteiger partial charge in [-0.1, -0.05) is 0 Å². The zero-order chi connectivity index (χ0) is 9.84. The first-order chi connectivity index (χ1) is 6.13. The Kier molecular flexibility index (Phi) is 3.92. The van der Waals surface area contributed by atoms with Crippen LogP contribution in [0.15, 0.2) is 0 Å². The van der Waals surface area contributed by atoms with Crippen molar-refractivity contribution < 1.29 is 22.3 Å². The van der Waals surface area contributed by atoms with Gasteiger partial charge in [-0.3, -0.25) is 4.90 Å². The van der Waals surface area contributed by atoms with E-state index in [2.05, 4.69) is 0 Å². The summed E-state index contributed by atoms with van der Waals surface area (Å²) in [6.45, 7) is 0.843. The molecular formula is C7H11F4NO. The lowest BCUT2D eigenvalue weighted by Gasteiger charge is -2.30. The van der Waals surface area contributed by atoms with E-state index in [9.17, 15) is 17.6 Å². The molecule has 1 fully saturated rings. The minimum Gasteiger partial charge on any atom is -0.379 e. The summed E-state index contributed by atoms with van der Waals surface area (Å²) in [6.07, 6.45) is -8.21. The van der Waals surface area contributed by atoms with Crippen molar-refractivity contribution >= 4 is 0 Å². The van der Waals surface area contributed by atoms with Crippen LogP contribution in [0.5, 0.6) is 0 Å². The molecule has 1 rings (SSSR count). The summed E-state index contributed by atoms with van der Waals surface area (Å²) in [6, 6.07) is 0. The molecule has 0 aliphatic carbocycles. The molecule has 0 saturated carbocycles. The van der Waals surface area contributed by atoms with Crippen LogP contribution in [0.3, 0.4) is 0 Å². The Balaban J connectivity index is 2.40. The molecule has 1 saturated heterocycles. The molecule has 1 aliphatic rings. The molecule has 6 heteroatoms. The van der Waals surface area contributed by atoms with Crippen molar-refractivity contribution in [1.29, 1.82) is 0 Å². The van der Waals surface area contributed by atoms with E-state index in [1.165, 1.54) is 0 Å². The minimum atomic E-state index is -3.27. The Bertz CT molecular complexity index is 151. The second-order valence-corrected chi connectivity index (χ2v) is 2.80. The highest BCUT2D eigenvalue weighted by Crippen LogP contribution is 2.17. The van der Waals surface area contributed by atoms with Crippen molar-refractivity contribution in [3.05, 3.63) is 0 Å². The monoisotopic (exact) mass is 201 g/mol. The second-order valence-electron chi connectivity index (χ2n) is 2.80. The quantitative estimate of drug-likeness (QED) is 0.502. The summed E-state index contributed by atoms with van der Waals surface area (Å²) in [5, 5.41) is 0. The molecule has 0 aromatic rings. The van der Waals surface area contributed by atoms with Gasteiger partial charge in [0.15, 0.2) is 6.30 Å². The SMILES string of the molecule is FC(F)C(F)C(F)N1CCOCC1. The minimum absolute atomic E-state index is 0.161. The van der Waals surface area contributed by atoms with Crippen LogP contribution in [-0.2, 0) is 4.74 Å². The summed E-state index contributed by atoms with van der Waals surface area (Å²) < 4.78 is 53.8. The van der Waals surface area contributed by atoms with E-state index in [0.29, 0.717) is 0 Å². The highest BCUT2D eigenvalue weighted by Gasteiger charge is 2.34. The Labute approximate surface area is 73.5 Å². The van der Waals surface area contributed by atoms with Gasteiger partial charge in [0.1, 0.15) is 0 Å². The third-order valence-corrected chi connectivity index (χ3v) is 1.90. The summed E-state index contributed by atoms with van der Waals surface area (Å²) >= 11 is 0. The molecule has 1 heterocycles. The number of alkyl halides is 4. The van der Waals surface area contributed by atoms with E-state index in [0.717, 1.165) is 4.90 Å². The Morgan fingerprint density at radius 3 is 2.00 bits per heavy atom. The van der Waals surface area contributed by atoms with Crippen LogP contribution in [0, 0.1) is 0 Å². The predicted molar refractivity (Wildman–Crippen MR) is 38.2 cm³/mol. The van der Waals surface area contributed by atoms with Gasteiger partial charge < -0.3 is 4.74 Å². The Morgan fingerprint density at radius 2 is 1.54 bits per heavy atom. The van der Waals surface area contributed by atoms with Crippen LogP contribution in [-0.4, -0.2) is 50.1 Å². The normalized spacial score (nSPS) is 24.7. The standard InChI is InChI=1S/C7H11F4NO/c8-5(6(9)10)7(11)12-1-3-13-4-2-12/h5-7H,1-4H2. The first kappa shape index (κ1) is 10.7. The van der Waals surface area contributed by atoms with Gasteiger partial charge in [-0.15, -0.1) is 0 Å². The number of hydrogen-bond donors (Lipinski definition) is 0. The fourth-order valence-corrected chi connectivity index (χ4v) is 1.15. The van der Waals surface area contributed by atoms with Gasteiger partial charge in [-0.05, 0) is 0 Å². The molecule has 0 radical (unpaired) electrons. The molecule has 0 bridgehead atoms. The van der Waals surface area contributed by atoms with Crippen LogP contribution < -0.4 is 0 Å². The van der Waals surface area contributed by atoms with Gasteiger partial charge >= 0.3 is 0 Å². The van der Waals surface area contributed by atoms with Gasteiger partial charge in [0, 0.05) is 13.1 Å². The van der Waals surface area contributed by atoms with Gasteiger partial charge in [0.25, 0.3) is 6.43 Å². The van der Waals surface area contributed by atoms with E-state index in [-0.39, 0.29) is 26.3 Å². The number of nitrogens with zero attached hydrogens (tertiary/aromatic N) is 1. The van der Waals surface area contributed by atoms with Crippen LogP contribution in [0.25, 0.3) is 0 Å². The highest BCUT2D eigenvalue weighted by atomic mass is 19.3. The summed E-state index contributed by atoms with van der Waals surface area (Å²) in [5.41, 5.74) is 0. The van der Waals surface area contributed by atoms with Crippen LogP contribution in [0.1, 0.15) is 0 Å². The molecule has 2 atom stereocenters. The molecule has 0 spiro atoms. The molecule has 0 aromatic heterocycles. The highest BCUT2D eigenvalue weighted by molar-refractivity contribution is 4.74. The fraction of sp³-hybridized carbons (Fsp3) is 1.00. The fourth-order valence-electron chi connectivity index (χ4n) is 1.15. The van der Waals surface area contributed by atoms with E-state index < -0.39 is 18.9 Å². The number of ether oxygens (including phenoxy) is 1. The molecule has 1 aliphatic heterocycles. The smallest absolute Gasteiger partial charge is 0.273 e. The average molecular weight is 201 g/mol. The maximum Gasteiger partial charge on any atom is 0.273 e. The summed E-state index contributed by atoms with van der Waals surface area (Å²) in [4.78, 5) is 1.03. The average Bonchev–Trinajstić information content (AvgIpc) is 2.17. The summed E-state index contributed by atoms with van der Waals surface area (Å²) in [7, 11) is 0. The number of morpholine rings is 1. The van der Waals surface area contributed by atoms with E-state index >= 15 is 0 Å². The maximum atomic E-state index is 12.9. The zero-order valence-electron chi connectivity index (χ0n) is 6.93. The lowest BCUT2D eigenvalue weighted by Crippen LogP contribution is -2.47. The first-order valence-electron chi connectivity index (χ1n) is 4.01. The molecular weight excluding hydrogens is 190 g/mol. The predicted octanol–water partition coefficient (Wildman–Crippen LogP) is 1.22. The number of hydrogen-bond acceptors (Lipinski definition) is 2. The van der Waals surface area contributed by atoms with Crippen molar-refractivity contribution in [2.75, 3.05) is 26.3 Å². The lowest BCUT2D eigenvalue weighted by molar-refractivity contribution is -0.0895. The van der Waals surface area contributed by atoms with Gasteiger partial charge in [-0.25, -0.2) is 17.6 Å². The molecule has 78 valence electrons. The van der Waals surface area contributed by atoms with Crippen LogP contribution in [0.4, 0.5) is 17.6 Å². The van der Waals surface area contributed by atoms with Crippen molar-refractivity contribution in [2.24, 2.45) is 0 Å². The second kappa shape index (κ2) is 4.76. The zero-order valence-corrected chi connectivity index (χ0v) is 6.93. The van der Waals surface area contributed by atoms with Crippen molar-refractivity contribution in [3.63, 3.8) is 0 Å². The van der Waals surface area contributed by atoms with Gasteiger partial charge in [0.05, 0.1) is 13.2 Å². The Hall–Kier alpha value is -0.360. The summed E-state index contributed by atoms with van der Waals surface area (Å²) in [5.74, 6) is 0. The number of halogens is 4. The molecule has 0 amide bonds. The Morgan fingerprint density at radius 1 is 1.00 bits per heavy atom. The molecule has 13 heavy (non-hydrogen) atoms. The van der Waals surface area contributed by atoms with Gasteiger partial charge in [-0.2, -0.15) is 0 Å². The van der Waals surface area contributed by atoms with Crippen LogP contribution in [0.2, 0.25) is 0 Å². The number of rotatable bonds is 3. The van der Waals surface area contributed by atoms with Gasteiger partial charge in [0.2, 0.25) is 6.17 Å². The molecule has 2 unspecified atom stereocenters. The molecule has 0 aromatic carbocycles. The maximum absolute atomic E-state index is 12.9. The third kappa shape index (κ3) is 2.80. The van der Waals surface area contributed by atoms with Crippen molar-refractivity contribution in [1.82, 2.24) is 4.90 Å². The first-order valence-corrected chi connectivity index (χ1v) is 4.01. The molecule has 2 nitrogen and oxygen atoms in total.